The first kappa shape index (κ1) is 20.0. The molecule has 0 aliphatic carbocycles. The van der Waals surface area contributed by atoms with Crippen molar-refractivity contribution >= 4 is 29.9 Å². The maximum absolute atomic E-state index is 5.89. The number of hydrogen-bond donors (Lipinski definition) is 1. The summed E-state index contributed by atoms with van der Waals surface area (Å²) in [4.78, 5) is 6.74. The molecule has 0 amide bonds. The Kier molecular flexibility index (Phi) is 9.66. The van der Waals surface area contributed by atoms with E-state index in [1.807, 2.05) is 7.05 Å². The van der Waals surface area contributed by atoms with E-state index in [1.54, 1.807) is 0 Å². The minimum Gasteiger partial charge on any atom is -0.375 e. The highest BCUT2D eigenvalue weighted by Gasteiger charge is 2.32. The summed E-state index contributed by atoms with van der Waals surface area (Å²) in [6, 6.07) is 0. The van der Waals surface area contributed by atoms with Crippen LogP contribution in [-0.4, -0.2) is 63.0 Å². The van der Waals surface area contributed by atoms with Crippen LogP contribution in [0.25, 0.3) is 0 Å². The minimum atomic E-state index is 0. The van der Waals surface area contributed by atoms with Gasteiger partial charge in [0, 0.05) is 33.3 Å². The van der Waals surface area contributed by atoms with E-state index in [1.165, 1.54) is 12.8 Å². The number of morpholine rings is 1. The van der Waals surface area contributed by atoms with E-state index in [2.05, 4.69) is 29.1 Å². The van der Waals surface area contributed by atoms with Crippen LogP contribution in [0.2, 0.25) is 0 Å². The first-order valence-corrected chi connectivity index (χ1v) is 8.39. The molecular formula is C16H32IN3O2. The molecule has 0 aromatic rings. The Labute approximate surface area is 152 Å². The summed E-state index contributed by atoms with van der Waals surface area (Å²) in [6.45, 7) is 8.96. The van der Waals surface area contributed by atoms with Crippen molar-refractivity contribution in [3.05, 3.63) is 0 Å². The molecule has 130 valence electrons. The van der Waals surface area contributed by atoms with Crippen molar-refractivity contribution in [3.63, 3.8) is 0 Å². The van der Waals surface area contributed by atoms with Gasteiger partial charge in [0.1, 0.15) is 6.10 Å². The Balaban J connectivity index is 0.00000242. The van der Waals surface area contributed by atoms with Crippen LogP contribution < -0.4 is 5.32 Å². The second kappa shape index (κ2) is 10.6. The topological polar surface area (TPSA) is 46.1 Å². The van der Waals surface area contributed by atoms with Crippen molar-refractivity contribution in [2.75, 3.05) is 39.9 Å². The molecule has 1 N–H and O–H groups in total. The molecule has 2 atom stereocenters. The second-order valence-corrected chi connectivity index (χ2v) is 6.42. The van der Waals surface area contributed by atoms with Gasteiger partial charge in [0.2, 0.25) is 0 Å². The summed E-state index contributed by atoms with van der Waals surface area (Å²) < 4.78 is 11.7. The Morgan fingerprint density at radius 2 is 2.05 bits per heavy atom. The van der Waals surface area contributed by atoms with Crippen LogP contribution in [0.5, 0.6) is 0 Å². The molecule has 2 unspecified atom stereocenters. The van der Waals surface area contributed by atoms with Crippen LogP contribution in [0.15, 0.2) is 4.99 Å². The molecule has 2 fully saturated rings. The number of ether oxygens (including phenoxy) is 2. The summed E-state index contributed by atoms with van der Waals surface area (Å²) in [5.41, 5.74) is 0. The zero-order valence-corrected chi connectivity index (χ0v) is 16.5. The normalized spacial score (nSPS) is 26.2. The van der Waals surface area contributed by atoms with Crippen LogP contribution >= 0.6 is 24.0 Å². The highest BCUT2D eigenvalue weighted by molar-refractivity contribution is 14.0. The molecule has 2 rings (SSSR count). The van der Waals surface area contributed by atoms with Gasteiger partial charge >= 0.3 is 0 Å². The van der Waals surface area contributed by atoms with Crippen molar-refractivity contribution in [2.45, 2.75) is 51.7 Å². The summed E-state index contributed by atoms with van der Waals surface area (Å²) in [5.74, 6) is 1.77. The van der Waals surface area contributed by atoms with Gasteiger partial charge in [0.05, 0.1) is 12.7 Å². The molecule has 2 aliphatic rings. The lowest BCUT2D eigenvalue weighted by Crippen LogP contribution is -2.53. The van der Waals surface area contributed by atoms with Crippen molar-refractivity contribution < 1.29 is 9.47 Å². The largest absolute Gasteiger partial charge is 0.375 e. The average Bonchev–Trinajstić information content (AvgIpc) is 3.01. The molecule has 2 saturated heterocycles. The fraction of sp³-hybridized carbons (Fsp3) is 0.938. The van der Waals surface area contributed by atoms with E-state index < -0.39 is 0 Å². The Hall–Kier alpha value is -0.0800. The third kappa shape index (κ3) is 6.20. The lowest BCUT2D eigenvalue weighted by atomic mass is 10.1. The van der Waals surface area contributed by atoms with E-state index in [-0.39, 0.29) is 36.2 Å². The van der Waals surface area contributed by atoms with Gasteiger partial charge in [-0.2, -0.15) is 0 Å². The van der Waals surface area contributed by atoms with Gasteiger partial charge in [-0.05, 0) is 31.6 Å². The SMILES string of the molecule is CN=C(NCCCC(C)C)N1CCOC(C2CCCO2)C1.I. The molecule has 6 heteroatoms. The van der Waals surface area contributed by atoms with Gasteiger partial charge in [-0.25, -0.2) is 0 Å². The van der Waals surface area contributed by atoms with Crippen molar-refractivity contribution in [3.8, 4) is 0 Å². The molecule has 0 spiro atoms. The Bertz CT molecular complexity index is 333. The number of halogens is 1. The Morgan fingerprint density at radius 3 is 2.68 bits per heavy atom. The van der Waals surface area contributed by atoms with Crippen molar-refractivity contribution in [2.24, 2.45) is 10.9 Å². The quantitative estimate of drug-likeness (QED) is 0.318. The first-order chi connectivity index (χ1) is 10.2. The molecule has 2 aliphatic heterocycles. The number of guanidine groups is 1. The number of nitrogens with one attached hydrogen (secondary N) is 1. The van der Waals surface area contributed by atoms with Crippen LogP contribution in [0.3, 0.4) is 0 Å². The number of nitrogens with zero attached hydrogens (tertiary/aromatic N) is 2. The highest BCUT2D eigenvalue weighted by Crippen LogP contribution is 2.21. The average molecular weight is 425 g/mol. The summed E-state index contributed by atoms with van der Waals surface area (Å²) in [6.07, 6.45) is 5.19. The minimum absolute atomic E-state index is 0. The molecule has 0 aromatic carbocycles. The molecule has 0 saturated carbocycles. The van der Waals surface area contributed by atoms with Crippen LogP contribution in [0, 0.1) is 5.92 Å². The summed E-state index contributed by atoms with van der Waals surface area (Å²) >= 11 is 0. The van der Waals surface area contributed by atoms with E-state index in [0.29, 0.717) is 0 Å². The number of hydrogen-bond acceptors (Lipinski definition) is 3. The van der Waals surface area contributed by atoms with E-state index in [4.69, 9.17) is 9.47 Å². The van der Waals surface area contributed by atoms with Crippen LogP contribution in [0.4, 0.5) is 0 Å². The van der Waals surface area contributed by atoms with Gasteiger partial charge in [0.15, 0.2) is 5.96 Å². The zero-order valence-electron chi connectivity index (χ0n) is 14.2. The zero-order chi connectivity index (χ0) is 15.1. The molecule has 2 heterocycles. The highest BCUT2D eigenvalue weighted by atomic mass is 127. The monoisotopic (exact) mass is 425 g/mol. The maximum Gasteiger partial charge on any atom is 0.193 e. The van der Waals surface area contributed by atoms with Gasteiger partial charge in [0.25, 0.3) is 0 Å². The number of rotatable bonds is 5. The second-order valence-electron chi connectivity index (χ2n) is 6.42. The molecule has 5 nitrogen and oxygen atoms in total. The standard InChI is InChI=1S/C16H31N3O2.HI/c1-13(2)6-4-8-18-16(17-3)19-9-11-21-15(12-19)14-7-5-10-20-14;/h13-15H,4-12H2,1-3H3,(H,17,18);1H. The lowest BCUT2D eigenvalue weighted by Gasteiger charge is -2.37. The third-order valence-electron chi connectivity index (χ3n) is 4.23. The third-order valence-corrected chi connectivity index (χ3v) is 4.23. The fourth-order valence-electron chi connectivity index (χ4n) is 3.03. The molecule has 0 bridgehead atoms. The lowest BCUT2D eigenvalue weighted by molar-refractivity contribution is -0.0816. The predicted molar refractivity (Wildman–Crippen MR) is 101 cm³/mol. The fourth-order valence-corrected chi connectivity index (χ4v) is 3.03. The summed E-state index contributed by atoms with van der Waals surface area (Å²) in [5, 5.41) is 3.49. The van der Waals surface area contributed by atoms with Crippen LogP contribution in [-0.2, 0) is 9.47 Å². The first-order valence-electron chi connectivity index (χ1n) is 8.39. The molecule has 22 heavy (non-hydrogen) atoms. The molecule has 0 radical (unpaired) electrons. The smallest absolute Gasteiger partial charge is 0.193 e. The summed E-state index contributed by atoms with van der Waals surface area (Å²) in [7, 11) is 1.86. The van der Waals surface area contributed by atoms with Crippen LogP contribution in [0.1, 0.15) is 39.5 Å². The van der Waals surface area contributed by atoms with Crippen molar-refractivity contribution in [1.29, 1.82) is 0 Å². The molecule has 0 aromatic heterocycles. The molecular weight excluding hydrogens is 393 g/mol. The van der Waals surface area contributed by atoms with Gasteiger partial charge in [-0.3, -0.25) is 4.99 Å². The Morgan fingerprint density at radius 1 is 1.27 bits per heavy atom. The van der Waals surface area contributed by atoms with E-state index in [0.717, 1.165) is 57.6 Å². The van der Waals surface area contributed by atoms with Gasteiger partial charge in [-0.1, -0.05) is 13.8 Å². The van der Waals surface area contributed by atoms with Gasteiger partial charge < -0.3 is 19.7 Å². The van der Waals surface area contributed by atoms with Crippen molar-refractivity contribution in [1.82, 2.24) is 10.2 Å². The predicted octanol–water partition coefficient (Wildman–Crippen LogP) is 2.50. The van der Waals surface area contributed by atoms with E-state index in [9.17, 15) is 0 Å². The number of aliphatic imine (C=N–C) groups is 1. The van der Waals surface area contributed by atoms with Gasteiger partial charge in [-0.15, -0.1) is 24.0 Å². The van der Waals surface area contributed by atoms with E-state index >= 15 is 0 Å². The maximum atomic E-state index is 5.89.